The fourth-order valence-corrected chi connectivity index (χ4v) is 7.88. The lowest BCUT2D eigenvalue weighted by molar-refractivity contribution is 0.0977. The van der Waals surface area contributed by atoms with Crippen LogP contribution in [0.3, 0.4) is 0 Å². The topological polar surface area (TPSA) is 149 Å². The van der Waals surface area contributed by atoms with Crippen molar-refractivity contribution in [1.82, 2.24) is 23.8 Å². The SMILES string of the molecule is CCCCNS(=O)(=O)c1ccc(Cl)c(-n2nc(CCCC)n(Cc3ccc(-c4ccccc4S(=O)(=O)NC(=O)c4ccccc4F)cc3F)c2=O)c1. The van der Waals surface area contributed by atoms with Gasteiger partial charge in [0.1, 0.15) is 17.5 Å². The molecular formula is C36H36ClF2N5O6S2. The molecule has 1 aromatic heterocycles. The molecular weight excluding hydrogens is 736 g/mol. The Morgan fingerprint density at radius 1 is 0.846 bits per heavy atom. The summed E-state index contributed by atoms with van der Waals surface area (Å²) in [5.41, 5.74) is -0.783. The summed E-state index contributed by atoms with van der Waals surface area (Å²) in [7, 11) is -8.44. The average molecular weight is 772 g/mol. The first-order chi connectivity index (χ1) is 24.8. The van der Waals surface area contributed by atoms with Crippen LogP contribution < -0.4 is 15.1 Å². The highest BCUT2D eigenvalue weighted by Gasteiger charge is 2.25. The van der Waals surface area contributed by atoms with E-state index in [1.54, 1.807) is 6.07 Å². The second-order valence-corrected chi connectivity index (χ2v) is 15.7. The molecule has 11 nitrogen and oxygen atoms in total. The maximum absolute atomic E-state index is 15.8. The van der Waals surface area contributed by atoms with Crippen LogP contribution >= 0.6 is 11.6 Å². The first-order valence-corrected chi connectivity index (χ1v) is 19.8. The van der Waals surface area contributed by atoms with Crippen molar-refractivity contribution in [3.63, 3.8) is 0 Å². The van der Waals surface area contributed by atoms with Gasteiger partial charge in [0.2, 0.25) is 10.0 Å². The number of rotatable bonds is 15. The van der Waals surface area contributed by atoms with Gasteiger partial charge in [-0.15, -0.1) is 5.10 Å². The van der Waals surface area contributed by atoms with Gasteiger partial charge in [-0.25, -0.2) is 39.9 Å². The zero-order valence-electron chi connectivity index (χ0n) is 28.3. The molecule has 52 heavy (non-hydrogen) atoms. The minimum absolute atomic E-state index is 0.0391. The number of nitrogens with zero attached hydrogens (tertiary/aromatic N) is 3. The molecule has 0 aliphatic rings. The molecule has 16 heteroatoms. The number of nitrogens with one attached hydrogen (secondary N) is 2. The number of hydrogen-bond acceptors (Lipinski definition) is 7. The standard InChI is InChI=1S/C36H36ClF2N5O6S2/c1-3-5-15-34-41-44(32-22-26(18-19-29(32)37)51(47,48)40-20-6-4-2)36(46)43(34)23-25-17-16-24(21-31(25)39)27-11-8-10-14-33(27)52(49,50)42-35(45)28-12-7-9-13-30(28)38/h7-14,16-19,21-22,40H,3-6,15,20,23H2,1-2H3,(H,42,45). The predicted octanol–water partition coefficient (Wildman–Crippen LogP) is 6.22. The number of hydrogen-bond donors (Lipinski definition) is 2. The van der Waals surface area contributed by atoms with Crippen LogP contribution in [0.5, 0.6) is 0 Å². The molecule has 0 radical (unpaired) electrons. The van der Waals surface area contributed by atoms with Gasteiger partial charge >= 0.3 is 5.69 Å². The Morgan fingerprint density at radius 3 is 2.27 bits per heavy atom. The summed E-state index contributed by atoms with van der Waals surface area (Å²) in [5.74, 6) is -2.51. The Labute approximate surface area is 305 Å². The van der Waals surface area contributed by atoms with E-state index in [0.717, 1.165) is 35.7 Å². The normalized spacial score (nSPS) is 11.9. The molecule has 0 unspecified atom stereocenters. The van der Waals surface area contributed by atoms with Gasteiger partial charge in [0.05, 0.1) is 32.6 Å². The van der Waals surface area contributed by atoms with Gasteiger partial charge in [-0.05, 0) is 60.9 Å². The highest BCUT2D eigenvalue weighted by molar-refractivity contribution is 7.90. The van der Waals surface area contributed by atoms with Crippen molar-refractivity contribution in [2.24, 2.45) is 0 Å². The zero-order valence-corrected chi connectivity index (χ0v) is 30.7. The number of carbonyl (C=O) groups is 1. The summed E-state index contributed by atoms with van der Waals surface area (Å²) in [6, 6.07) is 18.5. The first-order valence-electron chi connectivity index (χ1n) is 16.4. The lowest BCUT2D eigenvalue weighted by Gasteiger charge is -2.13. The maximum atomic E-state index is 15.8. The third-order valence-electron chi connectivity index (χ3n) is 8.19. The Balaban J connectivity index is 1.48. The average Bonchev–Trinajstić information content (AvgIpc) is 3.42. The lowest BCUT2D eigenvalue weighted by atomic mass is 10.0. The Bertz CT molecular complexity index is 2400. The van der Waals surface area contributed by atoms with E-state index in [0.29, 0.717) is 25.1 Å². The molecule has 1 heterocycles. The van der Waals surface area contributed by atoms with Crippen LogP contribution in [0.15, 0.2) is 99.5 Å². The van der Waals surface area contributed by atoms with Crippen LogP contribution in [0.4, 0.5) is 8.78 Å². The Kier molecular flexibility index (Phi) is 12.1. The molecule has 2 N–H and O–H groups in total. The molecule has 5 aromatic rings. The van der Waals surface area contributed by atoms with Crippen LogP contribution in [0.2, 0.25) is 5.02 Å². The van der Waals surface area contributed by atoms with Gasteiger partial charge in [0, 0.05) is 24.1 Å². The number of sulfonamides is 2. The number of carbonyl (C=O) groups excluding carboxylic acids is 1. The number of aryl methyl sites for hydroxylation is 1. The van der Waals surface area contributed by atoms with Crippen LogP contribution in [-0.2, 0) is 33.0 Å². The van der Waals surface area contributed by atoms with Crippen molar-refractivity contribution in [1.29, 1.82) is 0 Å². The minimum Gasteiger partial charge on any atom is -0.274 e. The second-order valence-electron chi connectivity index (χ2n) is 11.9. The maximum Gasteiger partial charge on any atom is 0.351 e. The summed E-state index contributed by atoms with van der Waals surface area (Å²) < 4.78 is 89.2. The quantitative estimate of drug-likeness (QED) is 0.120. The molecule has 0 saturated heterocycles. The molecule has 1 amide bonds. The number of halogens is 3. The summed E-state index contributed by atoms with van der Waals surface area (Å²) in [6.45, 7) is 3.88. The van der Waals surface area contributed by atoms with Gasteiger partial charge in [-0.2, -0.15) is 4.68 Å². The summed E-state index contributed by atoms with van der Waals surface area (Å²) in [6.07, 6.45) is 3.21. The fraction of sp³-hybridized carbons (Fsp3) is 0.250. The molecule has 0 aliphatic heterocycles. The van der Waals surface area contributed by atoms with Crippen molar-refractivity contribution in [3.8, 4) is 16.8 Å². The van der Waals surface area contributed by atoms with Crippen LogP contribution in [0.25, 0.3) is 16.8 Å². The molecule has 0 aliphatic carbocycles. The molecule has 274 valence electrons. The van der Waals surface area contributed by atoms with Crippen LogP contribution in [-0.4, -0.2) is 43.6 Å². The van der Waals surface area contributed by atoms with E-state index in [4.69, 9.17) is 11.6 Å². The van der Waals surface area contributed by atoms with E-state index in [-0.39, 0.29) is 50.3 Å². The predicted molar refractivity (Wildman–Crippen MR) is 194 cm³/mol. The Hall–Kier alpha value is -4.70. The van der Waals surface area contributed by atoms with Crippen LogP contribution in [0, 0.1) is 11.6 Å². The molecule has 4 aromatic carbocycles. The molecule has 0 saturated carbocycles. The first kappa shape index (κ1) is 38.5. The summed E-state index contributed by atoms with van der Waals surface area (Å²) in [5, 5.41) is 4.56. The molecule has 0 bridgehead atoms. The van der Waals surface area contributed by atoms with Crippen molar-refractivity contribution in [3.05, 3.63) is 129 Å². The fourth-order valence-electron chi connectivity index (χ4n) is 5.39. The van der Waals surface area contributed by atoms with E-state index in [9.17, 15) is 30.8 Å². The van der Waals surface area contributed by atoms with Crippen LogP contribution in [0.1, 0.15) is 61.3 Å². The van der Waals surface area contributed by atoms with Gasteiger partial charge in [-0.3, -0.25) is 9.36 Å². The summed E-state index contributed by atoms with van der Waals surface area (Å²) in [4.78, 5) is 26.1. The Morgan fingerprint density at radius 2 is 1.56 bits per heavy atom. The third kappa shape index (κ3) is 8.49. The van der Waals surface area contributed by atoms with Crippen molar-refractivity contribution in [2.45, 2.75) is 62.3 Å². The minimum atomic E-state index is -4.54. The summed E-state index contributed by atoms with van der Waals surface area (Å²) >= 11 is 6.45. The third-order valence-corrected chi connectivity index (χ3v) is 11.4. The highest BCUT2D eigenvalue weighted by atomic mass is 35.5. The smallest absolute Gasteiger partial charge is 0.274 e. The van der Waals surface area contributed by atoms with Crippen molar-refractivity contribution in [2.75, 3.05) is 6.54 Å². The number of amides is 1. The molecule has 0 spiro atoms. The number of aromatic nitrogens is 3. The van der Waals surface area contributed by atoms with Crippen molar-refractivity contribution >= 4 is 37.6 Å². The molecule has 0 atom stereocenters. The van der Waals surface area contributed by atoms with Gasteiger partial charge in [-0.1, -0.05) is 80.8 Å². The number of unbranched alkanes of at least 4 members (excludes halogenated alkanes) is 2. The molecule has 0 fully saturated rings. The van der Waals surface area contributed by atoms with Gasteiger partial charge in [0.25, 0.3) is 15.9 Å². The van der Waals surface area contributed by atoms with E-state index in [1.807, 2.05) is 18.6 Å². The highest BCUT2D eigenvalue weighted by Crippen LogP contribution is 2.30. The lowest BCUT2D eigenvalue weighted by Crippen LogP contribution is -2.31. The zero-order chi connectivity index (χ0) is 37.6. The van der Waals surface area contributed by atoms with E-state index >= 15 is 4.39 Å². The second kappa shape index (κ2) is 16.3. The van der Waals surface area contributed by atoms with E-state index in [2.05, 4.69) is 9.82 Å². The van der Waals surface area contributed by atoms with Crippen molar-refractivity contribution < 1.29 is 30.4 Å². The largest absolute Gasteiger partial charge is 0.351 e. The number of benzene rings is 4. The van der Waals surface area contributed by atoms with Gasteiger partial charge < -0.3 is 0 Å². The van der Waals surface area contributed by atoms with E-state index in [1.165, 1.54) is 65.2 Å². The van der Waals surface area contributed by atoms with E-state index < -0.39 is 48.8 Å². The monoisotopic (exact) mass is 771 g/mol. The van der Waals surface area contributed by atoms with Gasteiger partial charge in [0.15, 0.2) is 0 Å². The molecule has 5 rings (SSSR count).